The van der Waals surface area contributed by atoms with Crippen LogP contribution in [-0.4, -0.2) is 59.3 Å². The Morgan fingerprint density at radius 2 is 1.77 bits per heavy atom. The van der Waals surface area contributed by atoms with Gasteiger partial charge in [0.15, 0.2) is 17.2 Å². The summed E-state index contributed by atoms with van der Waals surface area (Å²) >= 11 is 3.40. The van der Waals surface area contributed by atoms with E-state index in [0.717, 1.165) is 10.5 Å². The largest absolute Gasteiger partial charge is 0.328 e. The molecule has 0 N–H and O–H groups in total. The highest BCUT2D eigenvalue weighted by Gasteiger charge is 2.54. The van der Waals surface area contributed by atoms with Crippen LogP contribution in [0.5, 0.6) is 0 Å². The molecule has 7 nitrogen and oxygen atoms in total. The van der Waals surface area contributed by atoms with Crippen LogP contribution in [0.2, 0.25) is 0 Å². The summed E-state index contributed by atoms with van der Waals surface area (Å²) in [5.74, 6) is -0.610. The van der Waals surface area contributed by atoms with Gasteiger partial charge in [0.05, 0.1) is 0 Å². The van der Waals surface area contributed by atoms with Crippen molar-refractivity contribution in [1.29, 1.82) is 0 Å². The number of carbonyl (C=O) groups is 3. The quantitative estimate of drug-likeness (QED) is 0.501. The van der Waals surface area contributed by atoms with E-state index in [2.05, 4.69) is 25.9 Å². The Morgan fingerprint density at radius 1 is 1.07 bits per heavy atom. The van der Waals surface area contributed by atoms with Gasteiger partial charge in [0.25, 0.3) is 5.91 Å². The van der Waals surface area contributed by atoms with Crippen molar-refractivity contribution in [3.05, 3.63) is 70.8 Å². The lowest BCUT2D eigenvalue weighted by Gasteiger charge is -2.43. The van der Waals surface area contributed by atoms with Crippen molar-refractivity contribution in [2.24, 2.45) is 9.98 Å². The Bertz CT molecular complexity index is 1110. The summed E-state index contributed by atoms with van der Waals surface area (Å²) < 4.78 is 0. The van der Waals surface area contributed by atoms with Crippen molar-refractivity contribution in [3.63, 3.8) is 0 Å². The number of aliphatic imine (C=N–C) groups is 2. The van der Waals surface area contributed by atoms with Crippen molar-refractivity contribution in [3.8, 4) is 0 Å². The van der Waals surface area contributed by atoms with Gasteiger partial charge in [0, 0.05) is 37.0 Å². The van der Waals surface area contributed by atoms with E-state index in [1.165, 1.54) is 18.3 Å². The second kappa shape index (κ2) is 7.60. The number of urea groups is 1. The monoisotopic (exact) mass is 466 g/mol. The molecular formula is C22H19BrN4O3. The maximum absolute atomic E-state index is 13.2. The van der Waals surface area contributed by atoms with Gasteiger partial charge in [0.1, 0.15) is 6.34 Å². The third-order valence-corrected chi connectivity index (χ3v) is 6.19. The smallest absolute Gasteiger partial charge is 0.297 e. The predicted octanol–water partition coefficient (Wildman–Crippen LogP) is 3.06. The molecule has 0 radical (unpaired) electrons. The minimum atomic E-state index is -1.25. The van der Waals surface area contributed by atoms with Crippen LogP contribution >= 0.6 is 15.9 Å². The summed E-state index contributed by atoms with van der Waals surface area (Å²) in [5.41, 5.74) is 1.76. The molecule has 4 rings (SSSR count). The van der Waals surface area contributed by atoms with Gasteiger partial charge in [-0.3, -0.25) is 19.4 Å². The van der Waals surface area contributed by atoms with Crippen molar-refractivity contribution in [1.82, 2.24) is 9.80 Å². The van der Waals surface area contributed by atoms with Gasteiger partial charge in [-0.25, -0.2) is 14.8 Å². The van der Waals surface area contributed by atoms with Crippen molar-refractivity contribution >= 4 is 45.7 Å². The Hall–Kier alpha value is -3.13. The Morgan fingerprint density at radius 3 is 2.47 bits per heavy atom. The lowest BCUT2D eigenvalue weighted by molar-refractivity contribution is -0.122. The van der Waals surface area contributed by atoms with Crippen LogP contribution in [0.15, 0.2) is 58.5 Å². The molecule has 2 aliphatic heterocycles. The first-order valence-electron chi connectivity index (χ1n) is 9.34. The van der Waals surface area contributed by atoms with Crippen LogP contribution in [-0.2, 0) is 16.5 Å². The van der Waals surface area contributed by atoms with E-state index in [1.54, 1.807) is 31.3 Å². The van der Waals surface area contributed by atoms with Crippen LogP contribution in [0.4, 0.5) is 4.79 Å². The van der Waals surface area contributed by atoms with E-state index >= 15 is 0 Å². The fraction of sp³-hybridized carbons (Fsp3) is 0.227. The molecule has 8 heteroatoms. The maximum atomic E-state index is 13.2. The minimum Gasteiger partial charge on any atom is -0.297 e. The zero-order chi connectivity index (χ0) is 21.5. The minimum absolute atomic E-state index is 0.128. The predicted molar refractivity (Wildman–Crippen MR) is 117 cm³/mol. The van der Waals surface area contributed by atoms with Gasteiger partial charge < -0.3 is 0 Å². The van der Waals surface area contributed by atoms with Crippen LogP contribution in [0.25, 0.3) is 0 Å². The van der Waals surface area contributed by atoms with Crippen LogP contribution in [0.1, 0.15) is 27.0 Å². The second-order valence-corrected chi connectivity index (χ2v) is 7.80. The number of amides is 3. The number of carbonyl (C=O) groups excluding carboxylic acids is 3. The molecule has 2 aromatic carbocycles. The molecule has 2 heterocycles. The van der Waals surface area contributed by atoms with Gasteiger partial charge in [0.2, 0.25) is 0 Å². The number of fused-ring (bicyclic) bond motifs is 1. The van der Waals surface area contributed by atoms with Crippen molar-refractivity contribution in [2.75, 3.05) is 14.1 Å². The molecule has 3 amide bonds. The fourth-order valence-corrected chi connectivity index (χ4v) is 4.13. The molecule has 0 spiro atoms. The van der Waals surface area contributed by atoms with E-state index in [1.807, 2.05) is 24.3 Å². The van der Waals surface area contributed by atoms with Gasteiger partial charge in [-0.15, -0.1) is 0 Å². The second-order valence-electron chi connectivity index (χ2n) is 7.24. The normalized spacial score (nSPS) is 20.4. The van der Waals surface area contributed by atoms with Crippen LogP contribution in [0, 0.1) is 0 Å². The van der Waals surface area contributed by atoms with E-state index < -0.39 is 17.6 Å². The average Bonchev–Trinajstić information content (AvgIpc) is 3.21. The molecule has 0 bridgehead atoms. The van der Waals surface area contributed by atoms with Gasteiger partial charge >= 0.3 is 6.03 Å². The summed E-state index contributed by atoms with van der Waals surface area (Å²) in [6, 6.07) is 14.1. The zero-order valence-electron chi connectivity index (χ0n) is 16.5. The lowest BCUT2D eigenvalue weighted by Crippen LogP contribution is -2.66. The fourth-order valence-electron chi connectivity index (χ4n) is 3.76. The van der Waals surface area contributed by atoms with E-state index in [-0.39, 0.29) is 17.9 Å². The number of ketones is 1. The van der Waals surface area contributed by atoms with Gasteiger partial charge in [-0.05, 0) is 11.1 Å². The molecule has 0 aliphatic carbocycles. The maximum Gasteiger partial charge on any atom is 0.328 e. The summed E-state index contributed by atoms with van der Waals surface area (Å²) in [5, 5.41) is 0.712. The van der Waals surface area contributed by atoms with Gasteiger partial charge in [-0.2, -0.15) is 0 Å². The Balaban J connectivity index is 1.73. The number of halogens is 1. The summed E-state index contributed by atoms with van der Waals surface area (Å²) in [7, 11) is 3.01. The third-order valence-electron chi connectivity index (χ3n) is 5.54. The average molecular weight is 467 g/mol. The van der Waals surface area contributed by atoms with Crippen LogP contribution < -0.4 is 0 Å². The number of imide groups is 1. The topological polar surface area (TPSA) is 82.4 Å². The number of nitrogens with zero attached hydrogens (tertiary/aromatic N) is 4. The number of likely N-dealkylation sites (N-methyl/N-ethyl adjacent to an activating group) is 1. The van der Waals surface area contributed by atoms with Crippen molar-refractivity contribution in [2.45, 2.75) is 17.4 Å². The van der Waals surface area contributed by atoms with Gasteiger partial charge in [-0.1, -0.05) is 64.5 Å². The molecule has 30 heavy (non-hydrogen) atoms. The van der Waals surface area contributed by atoms with E-state index in [0.29, 0.717) is 22.0 Å². The first-order chi connectivity index (χ1) is 14.4. The molecule has 2 aromatic rings. The number of hydrogen-bond donors (Lipinski definition) is 0. The summed E-state index contributed by atoms with van der Waals surface area (Å²) in [6.07, 6.45) is 1.48. The summed E-state index contributed by atoms with van der Waals surface area (Å²) in [6.45, 7) is 0. The molecule has 1 fully saturated rings. The molecule has 152 valence electrons. The molecule has 1 atom stereocenters. The molecule has 1 saturated heterocycles. The SMILES string of the molecule is CN1C(=O)C2=NC=NC2(Cc2ccccc2C(=O)c2ccc(CBr)cc2)N(C)C1=O. The highest BCUT2D eigenvalue weighted by Crippen LogP contribution is 2.33. The first-order valence-corrected chi connectivity index (χ1v) is 10.5. The summed E-state index contributed by atoms with van der Waals surface area (Å²) in [4.78, 5) is 49.5. The lowest BCUT2D eigenvalue weighted by atomic mass is 9.87. The molecular weight excluding hydrogens is 448 g/mol. The van der Waals surface area contributed by atoms with Crippen molar-refractivity contribution < 1.29 is 14.4 Å². The standard InChI is InChI=1S/C22H19BrN4O3/c1-26-20(29)19-22(25-13-24-19,27(2)21(26)30)11-16-5-3-4-6-17(16)18(28)15-9-7-14(12-23)8-10-15/h3-10,13H,11-12H2,1-2H3. The first kappa shape index (κ1) is 20.2. The zero-order valence-corrected chi connectivity index (χ0v) is 18.1. The van der Waals surface area contributed by atoms with Crippen LogP contribution in [0.3, 0.4) is 0 Å². The molecule has 1 unspecified atom stereocenters. The molecule has 2 aliphatic rings. The van der Waals surface area contributed by atoms with E-state index in [4.69, 9.17) is 0 Å². The number of alkyl halides is 1. The molecule has 0 aromatic heterocycles. The molecule has 0 saturated carbocycles. The highest BCUT2D eigenvalue weighted by molar-refractivity contribution is 9.08. The number of rotatable bonds is 5. The number of hydrogen-bond acceptors (Lipinski definition) is 5. The number of benzene rings is 2. The third kappa shape index (κ3) is 3.08. The van der Waals surface area contributed by atoms with E-state index in [9.17, 15) is 14.4 Å². The Kier molecular flexibility index (Phi) is 5.11. The Labute approximate surface area is 182 Å². The highest BCUT2D eigenvalue weighted by atomic mass is 79.9.